The zero-order valence-electron chi connectivity index (χ0n) is 16.9. The van der Waals surface area contributed by atoms with Crippen LogP contribution in [0.4, 0.5) is 5.69 Å². The predicted octanol–water partition coefficient (Wildman–Crippen LogP) is 4.46. The Balaban J connectivity index is 1.42. The monoisotopic (exact) mass is 386 g/mol. The first kappa shape index (κ1) is 19.0. The summed E-state index contributed by atoms with van der Waals surface area (Å²) in [6, 6.07) is 18.0. The Morgan fingerprint density at radius 2 is 1.69 bits per heavy atom. The van der Waals surface area contributed by atoms with Crippen LogP contribution in [-0.4, -0.2) is 29.8 Å². The lowest BCUT2D eigenvalue weighted by atomic mass is 10.1. The third-order valence-corrected chi connectivity index (χ3v) is 5.51. The first-order chi connectivity index (χ1) is 14.1. The Hall–Kier alpha value is -3.34. The van der Waals surface area contributed by atoms with E-state index in [2.05, 4.69) is 47.5 Å². The fourth-order valence-corrected chi connectivity index (χ4v) is 3.63. The highest BCUT2D eigenvalue weighted by atomic mass is 16.2. The largest absolute Gasteiger partial charge is 0.372 e. The maximum atomic E-state index is 12.4. The molecule has 0 bridgehead atoms. The number of hydrogen-bond acceptors (Lipinski definition) is 3. The van der Waals surface area contributed by atoms with Crippen molar-refractivity contribution in [2.75, 3.05) is 18.0 Å². The first-order valence-electron chi connectivity index (χ1n) is 10.1. The van der Waals surface area contributed by atoms with E-state index in [0.29, 0.717) is 5.56 Å². The predicted molar refractivity (Wildman–Crippen MR) is 118 cm³/mol. The van der Waals surface area contributed by atoms with E-state index in [9.17, 15) is 4.79 Å². The smallest absolute Gasteiger partial charge is 0.271 e. The lowest BCUT2D eigenvalue weighted by molar-refractivity contribution is 0.0955. The van der Waals surface area contributed by atoms with Gasteiger partial charge in [0.1, 0.15) is 0 Å². The van der Waals surface area contributed by atoms with Crippen LogP contribution in [0.15, 0.2) is 65.9 Å². The van der Waals surface area contributed by atoms with Crippen molar-refractivity contribution >= 4 is 17.8 Å². The third-order valence-electron chi connectivity index (χ3n) is 5.51. The van der Waals surface area contributed by atoms with Gasteiger partial charge in [0.15, 0.2) is 0 Å². The van der Waals surface area contributed by atoms with Crippen LogP contribution < -0.4 is 10.3 Å². The molecule has 1 fully saturated rings. The van der Waals surface area contributed by atoms with Crippen LogP contribution in [0.5, 0.6) is 0 Å². The molecule has 1 amide bonds. The molecule has 0 saturated carbocycles. The Kier molecular flexibility index (Phi) is 5.47. The van der Waals surface area contributed by atoms with Gasteiger partial charge in [-0.25, -0.2) is 5.43 Å². The van der Waals surface area contributed by atoms with E-state index < -0.39 is 0 Å². The molecule has 3 aromatic rings. The second kappa shape index (κ2) is 8.35. The number of carbonyl (C=O) groups is 1. The second-order valence-electron chi connectivity index (χ2n) is 7.51. The third kappa shape index (κ3) is 4.24. The van der Waals surface area contributed by atoms with Gasteiger partial charge < -0.3 is 9.47 Å². The van der Waals surface area contributed by atoms with Gasteiger partial charge >= 0.3 is 0 Å². The van der Waals surface area contributed by atoms with Crippen molar-refractivity contribution in [1.82, 2.24) is 9.99 Å². The molecule has 0 spiro atoms. The van der Waals surface area contributed by atoms with Crippen molar-refractivity contribution in [2.45, 2.75) is 26.7 Å². The first-order valence-corrected chi connectivity index (χ1v) is 10.1. The number of benzene rings is 2. The molecule has 1 N–H and O–H groups in total. The van der Waals surface area contributed by atoms with Crippen molar-refractivity contribution in [3.8, 4) is 5.69 Å². The average molecular weight is 386 g/mol. The van der Waals surface area contributed by atoms with Gasteiger partial charge in [-0.3, -0.25) is 4.79 Å². The summed E-state index contributed by atoms with van der Waals surface area (Å²) in [5.74, 6) is -0.210. The molecular weight excluding hydrogens is 360 g/mol. The highest BCUT2D eigenvalue weighted by Crippen LogP contribution is 2.20. The van der Waals surface area contributed by atoms with Crippen LogP contribution in [0.25, 0.3) is 5.69 Å². The molecule has 5 heteroatoms. The van der Waals surface area contributed by atoms with E-state index in [1.165, 1.54) is 29.7 Å². The molecular formula is C24H26N4O. The highest BCUT2D eigenvalue weighted by Gasteiger charge is 2.13. The number of amides is 1. The molecule has 5 nitrogen and oxygen atoms in total. The fourth-order valence-electron chi connectivity index (χ4n) is 3.63. The number of carbonyl (C=O) groups excluding carboxylic acids is 1. The van der Waals surface area contributed by atoms with Crippen LogP contribution in [0.1, 0.15) is 40.0 Å². The summed E-state index contributed by atoms with van der Waals surface area (Å²) in [5, 5.41) is 4.16. The number of nitrogens with zero attached hydrogens (tertiary/aromatic N) is 3. The molecule has 2 heterocycles. The highest BCUT2D eigenvalue weighted by molar-refractivity contribution is 5.95. The van der Waals surface area contributed by atoms with Crippen molar-refractivity contribution in [3.05, 3.63) is 83.2 Å². The molecule has 4 rings (SSSR count). The molecule has 148 valence electrons. The molecule has 29 heavy (non-hydrogen) atoms. The minimum atomic E-state index is -0.210. The van der Waals surface area contributed by atoms with E-state index in [4.69, 9.17) is 0 Å². The molecule has 0 unspecified atom stereocenters. The molecule has 0 radical (unpaired) electrons. The van der Waals surface area contributed by atoms with E-state index in [1.807, 2.05) is 47.2 Å². The molecule has 1 aliphatic rings. The van der Waals surface area contributed by atoms with Crippen LogP contribution in [0.3, 0.4) is 0 Å². The van der Waals surface area contributed by atoms with Gasteiger partial charge in [-0.15, -0.1) is 0 Å². The Labute approximate surface area is 171 Å². The summed E-state index contributed by atoms with van der Waals surface area (Å²) in [6.45, 7) is 6.39. The topological polar surface area (TPSA) is 49.6 Å². The average Bonchev–Trinajstić information content (AvgIpc) is 3.42. The maximum absolute atomic E-state index is 12.4. The Morgan fingerprint density at radius 1 is 0.966 bits per heavy atom. The molecule has 1 aliphatic heterocycles. The fraction of sp³-hybridized carbons (Fsp3) is 0.250. The molecule has 1 aromatic heterocycles. The van der Waals surface area contributed by atoms with Crippen LogP contribution in [-0.2, 0) is 0 Å². The van der Waals surface area contributed by atoms with E-state index in [1.54, 1.807) is 6.21 Å². The van der Waals surface area contributed by atoms with Gasteiger partial charge in [-0.2, -0.15) is 5.10 Å². The Bertz CT molecular complexity index is 1030. The number of hydrazone groups is 1. The second-order valence-corrected chi connectivity index (χ2v) is 7.51. The summed E-state index contributed by atoms with van der Waals surface area (Å²) in [5.41, 5.74) is 8.89. The number of aryl methyl sites for hydroxylation is 2. The maximum Gasteiger partial charge on any atom is 0.271 e. The van der Waals surface area contributed by atoms with E-state index >= 15 is 0 Å². The molecule has 1 saturated heterocycles. The van der Waals surface area contributed by atoms with Crippen molar-refractivity contribution in [1.29, 1.82) is 0 Å². The summed E-state index contributed by atoms with van der Waals surface area (Å²) < 4.78 is 2.05. The Morgan fingerprint density at radius 3 is 2.41 bits per heavy atom. The number of anilines is 1. The number of aromatic nitrogens is 1. The van der Waals surface area contributed by atoms with Crippen molar-refractivity contribution < 1.29 is 4.79 Å². The lowest BCUT2D eigenvalue weighted by Crippen LogP contribution is -2.19. The minimum absolute atomic E-state index is 0.210. The summed E-state index contributed by atoms with van der Waals surface area (Å²) in [4.78, 5) is 14.7. The van der Waals surface area contributed by atoms with Gasteiger partial charge in [0, 0.05) is 36.2 Å². The number of hydrogen-bond donors (Lipinski definition) is 1. The molecule has 0 aliphatic carbocycles. The zero-order valence-corrected chi connectivity index (χ0v) is 16.9. The van der Waals surface area contributed by atoms with Gasteiger partial charge in [0.2, 0.25) is 0 Å². The number of nitrogens with one attached hydrogen (secondary N) is 1. The lowest BCUT2D eigenvalue weighted by Gasteiger charge is -2.17. The van der Waals surface area contributed by atoms with Crippen LogP contribution >= 0.6 is 0 Å². The SMILES string of the molecule is Cc1ccc(-n2cccc2/C=N\NC(=O)c2ccc(N3CCCC3)cc2)cc1C. The molecule has 2 aromatic carbocycles. The number of rotatable bonds is 5. The van der Waals surface area contributed by atoms with Gasteiger partial charge in [0.25, 0.3) is 5.91 Å². The van der Waals surface area contributed by atoms with Crippen molar-refractivity contribution in [2.24, 2.45) is 5.10 Å². The zero-order chi connectivity index (χ0) is 20.2. The van der Waals surface area contributed by atoms with Gasteiger partial charge in [-0.1, -0.05) is 6.07 Å². The van der Waals surface area contributed by atoms with Gasteiger partial charge in [-0.05, 0) is 86.3 Å². The van der Waals surface area contributed by atoms with Crippen LogP contribution in [0, 0.1) is 13.8 Å². The van der Waals surface area contributed by atoms with Crippen molar-refractivity contribution in [3.63, 3.8) is 0 Å². The summed E-state index contributed by atoms with van der Waals surface area (Å²) in [6.07, 6.45) is 6.14. The van der Waals surface area contributed by atoms with Gasteiger partial charge in [0.05, 0.1) is 11.9 Å². The normalized spacial score (nSPS) is 13.9. The summed E-state index contributed by atoms with van der Waals surface area (Å²) >= 11 is 0. The van der Waals surface area contributed by atoms with E-state index in [-0.39, 0.29) is 5.91 Å². The quantitative estimate of drug-likeness (QED) is 0.520. The minimum Gasteiger partial charge on any atom is -0.372 e. The van der Waals surface area contributed by atoms with E-state index in [0.717, 1.165) is 24.5 Å². The summed E-state index contributed by atoms with van der Waals surface area (Å²) in [7, 11) is 0. The van der Waals surface area contributed by atoms with Crippen LogP contribution in [0.2, 0.25) is 0 Å². The standard InChI is InChI=1S/C24H26N4O/c1-18-7-10-22(16-19(18)2)28-15-5-6-23(28)17-25-26-24(29)20-8-11-21(12-9-20)27-13-3-4-14-27/h5-12,15-17H,3-4,13-14H2,1-2H3,(H,26,29)/b25-17-. The molecule has 0 atom stereocenters.